The predicted octanol–water partition coefficient (Wildman–Crippen LogP) is -1.49. The van der Waals surface area contributed by atoms with Gasteiger partial charge in [-0.05, 0) is 6.07 Å². The summed E-state index contributed by atoms with van der Waals surface area (Å²) in [6.07, 6.45) is 1.55. The van der Waals surface area contributed by atoms with E-state index in [4.69, 9.17) is 0 Å². The number of amides is 2. The topological polar surface area (TPSA) is 110 Å². The molecule has 10 heteroatoms. The Kier molecular flexibility index (Phi) is 4.98. The molecule has 0 radical (unpaired) electrons. The lowest BCUT2D eigenvalue weighted by Gasteiger charge is -2.36. The number of anilines is 1. The van der Waals surface area contributed by atoms with E-state index in [1.807, 2.05) is 4.90 Å². The summed E-state index contributed by atoms with van der Waals surface area (Å²) >= 11 is 0. The molecule has 3 heterocycles. The minimum absolute atomic E-state index is 0.0181. The number of rotatable bonds is 3. The molecular formula is C17H22N6O4. The van der Waals surface area contributed by atoms with Crippen molar-refractivity contribution in [1.29, 1.82) is 0 Å². The first-order chi connectivity index (χ1) is 12.8. The number of carbonyl (C=O) groups excluding carboxylic acids is 2. The van der Waals surface area contributed by atoms with E-state index in [-0.39, 0.29) is 18.1 Å². The number of fused-ring (bicyclic) bond motifs is 1. The van der Waals surface area contributed by atoms with E-state index in [1.165, 1.54) is 25.6 Å². The minimum Gasteiger partial charge on any atom is -0.367 e. The zero-order chi connectivity index (χ0) is 19.7. The third-order valence-corrected chi connectivity index (χ3v) is 4.85. The third kappa shape index (κ3) is 3.29. The maximum absolute atomic E-state index is 13.0. The Labute approximate surface area is 155 Å². The van der Waals surface area contributed by atoms with Crippen LogP contribution in [0.5, 0.6) is 0 Å². The zero-order valence-electron chi connectivity index (χ0n) is 15.6. The highest BCUT2D eigenvalue weighted by molar-refractivity contribution is 5.89. The summed E-state index contributed by atoms with van der Waals surface area (Å²) in [6.45, 7) is 3.41. The number of hydrogen-bond donors (Lipinski definition) is 1. The largest absolute Gasteiger partial charge is 0.367 e. The molecule has 0 atom stereocenters. The molecule has 2 aromatic rings. The van der Waals surface area contributed by atoms with Crippen molar-refractivity contribution in [1.82, 2.24) is 24.3 Å². The number of aryl methyl sites for hydroxylation is 1. The van der Waals surface area contributed by atoms with Gasteiger partial charge in [0.15, 0.2) is 5.65 Å². The molecule has 2 amide bonds. The van der Waals surface area contributed by atoms with Crippen LogP contribution in [0.15, 0.2) is 21.9 Å². The van der Waals surface area contributed by atoms with Crippen molar-refractivity contribution in [3.63, 3.8) is 0 Å². The number of carbonyl (C=O) groups is 2. The minimum atomic E-state index is -0.595. The Balaban J connectivity index is 2.13. The third-order valence-electron chi connectivity index (χ3n) is 4.85. The van der Waals surface area contributed by atoms with E-state index in [0.717, 1.165) is 4.57 Å². The van der Waals surface area contributed by atoms with Gasteiger partial charge in [-0.1, -0.05) is 0 Å². The summed E-state index contributed by atoms with van der Waals surface area (Å²) in [5, 5.41) is 2.71. The van der Waals surface area contributed by atoms with Crippen molar-refractivity contribution in [3.8, 4) is 0 Å². The van der Waals surface area contributed by atoms with Crippen LogP contribution in [0.25, 0.3) is 11.0 Å². The fourth-order valence-electron chi connectivity index (χ4n) is 3.28. The van der Waals surface area contributed by atoms with Crippen molar-refractivity contribution in [2.75, 3.05) is 38.1 Å². The molecule has 3 rings (SSSR count). The Bertz CT molecular complexity index is 1020. The number of aromatic nitrogens is 3. The van der Waals surface area contributed by atoms with Gasteiger partial charge in [-0.3, -0.25) is 23.5 Å². The van der Waals surface area contributed by atoms with Gasteiger partial charge in [0.1, 0.15) is 11.9 Å². The van der Waals surface area contributed by atoms with Crippen LogP contribution in [0.4, 0.5) is 5.69 Å². The molecule has 10 nitrogen and oxygen atoms in total. The zero-order valence-corrected chi connectivity index (χ0v) is 15.6. The average Bonchev–Trinajstić information content (AvgIpc) is 2.68. The van der Waals surface area contributed by atoms with E-state index in [0.29, 0.717) is 37.3 Å². The van der Waals surface area contributed by atoms with Gasteiger partial charge >= 0.3 is 5.69 Å². The fraction of sp³-hybridized carbons (Fsp3) is 0.471. The van der Waals surface area contributed by atoms with Gasteiger partial charge in [0.2, 0.25) is 11.8 Å². The monoisotopic (exact) mass is 374 g/mol. The molecule has 0 aromatic carbocycles. The van der Waals surface area contributed by atoms with Gasteiger partial charge in [-0.15, -0.1) is 0 Å². The number of nitrogens with one attached hydrogen (secondary N) is 1. The first-order valence-electron chi connectivity index (χ1n) is 8.64. The molecule has 1 saturated heterocycles. The lowest BCUT2D eigenvalue weighted by molar-refractivity contribution is -0.129. The Morgan fingerprint density at radius 2 is 1.85 bits per heavy atom. The van der Waals surface area contributed by atoms with Gasteiger partial charge in [0.25, 0.3) is 5.56 Å². The molecule has 1 fully saturated rings. The molecule has 0 aliphatic carbocycles. The van der Waals surface area contributed by atoms with Gasteiger partial charge in [0.05, 0.1) is 5.69 Å². The number of hydrogen-bond acceptors (Lipinski definition) is 6. The van der Waals surface area contributed by atoms with Gasteiger partial charge < -0.3 is 15.1 Å². The molecule has 1 aliphatic heterocycles. The first kappa shape index (κ1) is 18.6. The summed E-state index contributed by atoms with van der Waals surface area (Å²) in [5.74, 6) is -0.418. The number of nitrogens with zero attached hydrogens (tertiary/aromatic N) is 5. The molecule has 27 heavy (non-hydrogen) atoms. The van der Waals surface area contributed by atoms with Gasteiger partial charge in [0, 0.05) is 53.4 Å². The smallest absolute Gasteiger partial charge is 0.332 e. The van der Waals surface area contributed by atoms with Crippen molar-refractivity contribution < 1.29 is 9.59 Å². The van der Waals surface area contributed by atoms with Gasteiger partial charge in [-0.2, -0.15) is 0 Å². The van der Waals surface area contributed by atoms with Crippen LogP contribution in [0.2, 0.25) is 0 Å². The van der Waals surface area contributed by atoms with Crippen molar-refractivity contribution in [2.45, 2.75) is 13.5 Å². The molecular weight excluding hydrogens is 352 g/mol. The highest BCUT2D eigenvalue weighted by Crippen LogP contribution is 2.22. The normalized spacial score (nSPS) is 14.5. The number of piperazine rings is 1. The summed E-state index contributed by atoms with van der Waals surface area (Å²) < 4.78 is 2.19. The number of likely N-dealkylation sites (N-methyl/N-ethyl adjacent to an activating group) is 1. The molecule has 0 saturated carbocycles. The Morgan fingerprint density at radius 3 is 2.44 bits per heavy atom. The fourth-order valence-corrected chi connectivity index (χ4v) is 3.28. The van der Waals surface area contributed by atoms with Crippen molar-refractivity contribution >= 4 is 28.5 Å². The van der Waals surface area contributed by atoms with E-state index >= 15 is 0 Å². The van der Waals surface area contributed by atoms with Crippen molar-refractivity contribution in [3.05, 3.63) is 33.1 Å². The summed E-state index contributed by atoms with van der Waals surface area (Å²) in [5.41, 5.74) is -0.227. The molecule has 144 valence electrons. The van der Waals surface area contributed by atoms with Crippen LogP contribution in [-0.2, 0) is 23.2 Å². The van der Waals surface area contributed by atoms with Crippen LogP contribution in [0.3, 0.4) is 0 Å². The van der Waals surface area contributed by atoms with Crippen molar-refractivity contribution in [2.24, 2.45) is 7.05 Å². The molecule has 2 aromatic heterocycles. The maximum atomic E-state index is 13.0. The summed E-state index contributed by atoms with van der Waals surface area (Å²) in [4.78, 5) is 56.8. The highest BCUT2D eigenvalue weighted by Gasteiger charge is 2.23. The quantitative estimate of drug-likeness (QED) is 0.701. The molecule has 0 bridgehead atoms. The van der Waals surface area contributed by atoms with Crippen LogP contribution in [0.1, 0.15) is 6.92 Å². The van der Waals surface area contributed by atoms with Crippen LogP contribution < -0.4 is 21.5 Å². The maximum Gasteiger partial charge on any atom is 0.332 e. The second-order valence-corrected chi connectivity index (χ2v) is 6.43. The Hall–Kier alpha value is -3.17. The SMILES string of the molecule is CNC(=O)Cn1c(=O)c2c(N3CCN(C(C)=O)CC3)ccnc2n(C)c1=O. The molecule has 0 spiro atoms. The average molecular weight is 374 g/mol. The van der Waals surface area contributed by atoms with E-state index in [2.05, 4.69) is 10.3 Å². The first-order valence-corrected chi connectivity index (χ1v) is 8.64. The summed E-state index contributed by atoms with van der Waals surface area (Å²) in [6, 6.07) is 1.72. The summed E-state index contributed by atoms with van der Waals surface area (Å²) in [7, 11) is 2.97. The second kappa shape index (κ2) is 7.22. The van der Waals surface area contributed by atoms with Crippen LogP contribution >= 0.6 is 0 Å². The van der Waals surface area contributed by atoms with Gasteiger partial charge in [-0.25, -0.2) is 9.78 Å². The lowest BCUT2D eigenvalue weighted by atomic mass is 10.2. The van der Waals surface area contributed by atoms with Crippen LogP contribution in [0, 0.1) is 0 Å². The van der Waals surface area contributed by atoms with E-state index in [9.17, 15) is 19.2 Å². The van der Waals surface area contributed by atoms with Crippen LogP contribution in [-0.4, -0.2) is 64.1 Å². The standard InChI is InChI=1S/C17H22N6O4/c1-11(24)21-6-8-22(9-7-21)12-4-5-19-15-14(12)16(26)23(10-13(25)18-2)17(27)20(15)3/h4-5H,6-10H2,1-3H3,(H,18,25). The molecule has 1 N–H and O–H groups in total. The lowest BCUT2D eigenvalue weighted by Crippen LogP contribution is -2.49. The predicted molar refractivity (Wildman–Crippen MR) is 99.8 cm³/mol. The second-order valence-electron chi connectivity index (χ2n) is 6.43. The number of pyridine rings is 1. The molecule has 1 aliphatic rings. The van der Waals surface area contributed by atoms with E-state index < -0.39 is 17.2 Å². The molecule has 0 unspecified atom stereocenters. The highest BCUT2D eigenvalue weighted by atomic mass is 16.2. The Morgan fingerprint density at radius 1 is 1.19 bits per heavy atom. The van der Waals surface area contributed by atoms with E-state index in [1.54, 1.807) is 17.2 Å².